The number of nitrogens with zero attached hydrogens (tertiary/aromatic N) is 1. The van der Waals surface area contributed by atoms with Gasteiger partial charge in [0.1, 0.15) is 5.82 Å². The number of halogens is 1. The largest absolute Gasteiger partial charge is 0.380 e. The third-order valence-corrected chi connectivity index (χ3v) is 4.53. The summed E-state index contributed by atoms with van der Waals surface area (Å²) in [6, 6.07) is 5.00. The second kappa shape index (κ2) is 9.14. The minimum Gasteiger partial charge on any atom is -0.380 e. The van der Waals surface area contributed by atoms with Crippen molar-refractivity contribution in [3.63, 3.8) is 0 Å². The highest BCUT2D eigenvalue weighted by Gasteiger charge is 2.25. The van der Waals surface area contributed by atoms with Crippen molar-refractivity contribution >= 4 is 5.91 Å². The van der Waals surface area contributed by atoms with Gasteiger partial charge >= 0.3 is 0 Å². The van der Waals surface area contributed by atoms with Gasteiger partial charge in [-0.2, -0.15) is 0 Å². The number of carbonyl (C=O) groups is 1. The quantitative estimate of drug-likeness (QED) is 0.742. The highest BCUT2D eigenvalue weighted by molar-refractivity contribution is 5.78. The second-order valence-corrected chi connectivity index (χ2v) is 6.88. The first-order valence-electron chi connectivity index (χ1n) is 8.84. The van der Waals surface area contributed by atoms with Crippen LogP contribution in [0.1, 0.15) is 44.4 Å². The predicted octanol–water partition coefficient (Wildman–Crippen LogP) is 2.92. The Hall–Kier alpha value is -1.46. The summed E-state index contributed by atoms with van der Waals surface area (Å²) in [5, 5.41) is 2.89. The summed E-state index contributed by atoms with van der Waals surface area (Å²) < 4.78 is 19.0. The summed E-state index contributed by atoms with van der Waals surface area (Å²) in [4.78, 5) is 14.2. The molecule has 4 nitrogen and oxygen atoms in total. The van der Waals surface area contributed by atoms with E-state index in [0.29, 0.717) is 25.6 Å². The average molecular weight is 336 g/mol. The summed E-state index contributed by atoms with van der Waals surface area (Å²) in [7, 11) is 0. The molecule has 1 aliphatic rings. The molecule has 1 aliphatic heterocycles. The molecule has 0 aromatic heterocycles. The van der Waals surface area contributed by atoms with E-state index >= 15 is 0 Å². The molecule has 0 fully saturated rings. The molecule has 0 saturated carbocycles. The van der Waals surface area contributed by atoms with Crippen LogP contribution in [0, 0.1) is 11.7 Å². The van der Waals surface area contributed by atoms with Crippen molar-refractivity contribution in [2.45, 2.75) is 39.7 Å². The van der Waals surface area contributed by atoms with E-state index in [1.165, 1.54) is 11.6 Å². The van der Waals surface area contributed by atoms with Crippen LogP contribution in [-0.2, 0) is 16.0 Å². The Morgan fingerprint density at radius 3 is 2.96 bits per heavy atom. The molecule has 0 spiro atoms. The summed E-state index contributed by atoms with van der Waals surface area (Å²) in [5.74, 6) is 0.410. The van der Waals surface area contributed by atoms with Crippen LogP contribution in [0.5, 0.6) is 0 Å². The number of carbonyl (C=O) groups excluding carboxylic acids is 1. The van der Waals surface area contributed by atoms with Crippen LogP contribution in [0.2, 0.25) is 0 Å². The van der Waals surface area contributed by atoms with E-state index in [1.807, 2.05) is 13.0 Å². The van der Waals surface area contributed by atoms with Gasteiger partial charge in [-0.05, 0) is 48.9 Å². The molecule has 134 valence electrons. The monoisotopic (exact) mass is 336 g/mol. The summed E-state index contributed by atoms with van der Waals surface area (Å²) in [5.41, 5.74) is 2.17. The zero-order valence-electron chi connectivity index (χ0n) is 15.0. The Morgan fingerprint density at radius 2 is 2.21 bits per heavy atom. The zero-order chi connectivity index (χ0) is 17.5. The molecule has 1 atom stereocenters. The molecular weight excluding hydrogens is 307 g/mol. The van der Waals surface area contributed by atoms with E-state index in [4.69, 9.17) is 4.74 Å². The van der Waals surface area contributed by atoms with Crippen LogP contribution in [0.15, 0.2) is 18.2 Å². The number of nitrogens with one attached hydrogen (secondary N) is 1. The molecule has 0 radical (unpaired) electrons. The molecule has 1 amide bonds. The van der Waals surface area contributed by atoms with E-state index in [1.54, 1.807) is 6.07 Å². The zero-order valence-corrected chi connectivity index (χ0v) is 15.0. The first-order valence-corrected chi connectivity index (χ1v) is 8.84. The third kappa shape index (κ3) is 5.56. The number of hydrogen-bond acceptors (Lipinski definition) is 3. The molecule has 0 bridgehead atoms. The maximum atomic E-state index is 13.5. The molecule has 1 N–H and O–H groups in total. The van der Waals surface area contributed by atoms with Gasteiger partial charge in [0.25, 0.3) is 0 Å². The molecule has 24 heavy (non-hydrogen) atoms. The predicted molar refractivity (Wildman–Crippen MR) is 93.4 cm³/mol. The highest BCUT2D eigenvalue weighted by atomic mass is 19.1. The van der Waals surface area contributed by atoms with Gasteiger partial charge in [-0.25, -0.2) is 4.39 Å². The molecule has 1 unspecified atom stereocenters. The summed E-state index contributed by atoms with van der Waals surface area (Å²) in [6.45, 7) is 9.32. The lowest BCUT2D eigenvalue weighted by atomic mass is 9.93. The number of hydrogen-bond donors (Lipinski definition) is 1. The number of rotatable bonds is 8. The molecule has 2 rings (SSSR count). The van der Waals surface area contributed by atoms with Gasteiger partial charge in [0.2, 0.25) is 5.91 Å². The van der Waals surface area contributed by atoms with Gasteiger partial charge < -0.3 is 10.1 Å². The standard InChI is InChI=1S/C19H29FN2O2/c1-14(2)7-10-24-11-8-21-19(23)13-22-9-6-16-4-5-17(20)12-18(16)15(22)3/h4-5,12,14-15H,6-11,13H2,1-3H3,(H,21,23). The van der Waals surface area contributed by atoms with Crippen LogP contribution in [0.3, 0.4) is 0 Å². The van der Waals surface area contributed by atoms with Crippen molar-refractivity contribution in [3.05, 3.63) is 35.1 Å². The number of fused-ring (bicyclic) bond motifs is 1. The molecule has 0 saturated heterocycles. The molecule has 5 heteroatoms. The maximum Gasteiger partial charge on any atom is 0.234 e. The smallest absolute Gasteiger partial charge is 0.234 e. The topological polar surface area (TPSA) is 41.6 Å². The van der Waals surface area contributed by atoms with E-state index in [2.05, 4.69) is 24.1 Å². The van der Waals surface area contributed by atoms with Crippen LogP contribution in [0.25, 0.3) is 0 Å². The van der Waals surface area contributed by atoms with Gasteiger partial charge in [0.15, 0.2) is 0 Å². The normalized spacial score (nSPS) is 17.8. The van der Waals surface area contributed by atoms with E-state index in [9.17, 15) is 9.18 Å². The molecule has 1 heterocycles. The van der Waals surface area contributed by atoms with Gasteiger partial charge in [-0.1, -0.05) is 19.9 Å². The van der Waals surface area contributed by atoms with Gasteiger partial charge in [0.05, 0.1) is 13.2 Å². The first kappa shape index (κ1) is 18.9. The first-order chi connectivity index (χ1) is 11.5. The lowest BCUT2D eigenvalue weighted by Crippen LogP contribution is -2.42. The van der Waals surface area contributed by atoms with Crippen molar-refractivity contribution in [1.29, 1.82) is 0 Å². The minimum atomic E-state index is -0.217. The SMILES string of the molecule is CC(C)CCOCCNC(=O)CN1CCc2ccc(F)cc2C1C. The Bertz CT molecular complexity index is 548. The molecule has 1 aromatic rings. The van der Waals surface area contributed by atoms with Crippen LogP contribution in [-0.4, -0.2) is 43.7 Å². The maximum absolute atomic E-state index is 13.5. The molecule has 0 aliphatic carbocycles. The fraction of sp³-hybridized carbons (Fsp3) is 0.632. The lowest BCUT2D eigenvalue weighted by Gasteiger charge is -2.34. The van der Waals surface area contributed by atoms with Gasteiger partial charge in [-0.3, -0.25) is 9.69 Å². The van der Waals surface area contributed by atoms with Crippen molar-refractivity contribution in [3.8, 4) is 0 Å². The summed E-state index contributed by atoms with van der Waals surface area (Å²) >= 11 is 0. The Kier molecular flexibility index (Phi) is 7.18. The number of benzene rings is 1. The highest BCUT2D eigenvalue weighted by Crippen LogP contribution is 2.29. The number of amides is 1. The second-order valence-electron chi connectivity index (χ2n) is 6.88. The minimum absolute atomic E-state index is 0.00540. The Balaban J connectivity index is 1.72. The van der Waals surface area contributed by atoms with Crippen molar-refractivity contribution < 1.29 is 13.9 Å². The van der Waals surface area contributed by atoms with Crippen LogP contribution < -0.4 is 5.32 Å². The molecular formula is C19H29FN2O2. The fourth-order valence-corrected chi connectivity index (χ4v) is 2.98. The van der Waals surface area contributed by atoms with Crippen molar-refractivity contribution in [2.24, 2.45) is 5.92 Å². The fourth-order valence-electron chi connectivity index (χ4n) is 2.98. The number of ether oxygens (including phenoxy) is 1. The van der Waals surface area contributed by atoms with Gasteiger partial charge in [-0.15, -0.1) is 0 Å². The van der Waals surface area contributed by atoms with Crippen LogP contribution in [0.4, 0.5) is 4.39 Å². The van der Waals surface area contributed by atoms with E-state index < -0.39 is 0 Å². The van der Waals surface area contributed by atoms with Gasteiger partial charge in [0, 0.05) is 25.7 Å². The van der Waals surface area contributed by atoms with E-state index in [0.717, 1.165) is 31.6 Å². The Morgan fingerprint density at radius 1 is 1.42 bits per heavy atom. The average Bonchev–Trinajstić information content (AvgIpc) is 2.53. The van der Waals surface area contributed by atoms with Crippen LogP contribution >= 0.6 is 0 Å². The molecule has 1 aromatic carbocycles. The third-order valence-electron chi connectivity index (χ3n) is 4.53. The van der Waals surface area contributed by atoms with Crippen molar-refractivity contribution in [1.82, 2.24) is 10.2 Å². The summed E-state index contributed by atoms with van der Waals surface area (Å²) in [6.07, 6.45) is 1.89. The lowest BCUT2D eigenvalue weighted by molar-refractivity contribution is -0.123. The Labute approximate surface area is 144 Å². The van der Waals surface area contributed by atoms with Crippen molar-refractivity contribution in [2.75, 3.05) is 32.8 Å². The van der Waals surface area contributed by atoms with E-state index in [-0.39, 0.29) is 17.8 Å².